The Bertz CT molecular complexity index is 731. The van der Waals surface area contributed by atoms with Crippen LogP contribution >= 0.6 is 0 Å². The number of carbonyl (C=O) groups excluding carboxylic acids is 2. The van der Waals surface area contributed by atoms with Gasteiger partial charge in [-0.1, -0.05) is 57.2 Å². The van der Waals surface area contributed by atoms with Crippen LogP contribution in [0.1, 0.15) is 43.9 Å². The molecule has 0 aliphatic heterocycles. The largest absolute Gasteiger partial charge is 0.325 e. The number of amides is 2. The van der Waals surface area contributed by atoms with Gasteiger partial charge in [0.1, 0.15) is 6.42 Å². The van der Waals surface area contributed by atoms with Crippen molar-refractivity contribution >= 4 is 23.2 Å². The molecule has 0 saturated heterocycles. The van der Waals surface area contributed by atoms with Crippen molar-refractivity contribution in [3.05, 3.63) is 59.2 Å². The van der Waals surface area contributed by atoms with Gasteiger partial charge in [-0.05, 0) is 42.0 Å². The Morgan fingerprint density at radius 1 is 0.720 bits per heavy atom. The summed E-state index contributed by atoms with van der Waals surface area (Å²) in [6.07, 6.45) is 2.30. The number of hydrogen-bond donors (Lipinski definition) is 2. The molecule has 2 rings (SSSR count). The van der Waals surface area contributed by atoms with Crippen LogP contribution in [0, 0.1) is 0 Å². The lowest BCUT2D eigenvalue weighted by Gasteiger charge is -2.14. The number of nitrogens with one attached hydrogen (secondary N) is 2. The zero-order chi connectivity index (χ0) is 18.2. The number of aryl methyl sites for hydroxylation is 3. The van der Waals surface area contributed by atoms with Crippen LogP contribution < -0.4 is 10.6 Å². The van der Waals surface area contributed by atoms with E-state index in [1.165, 1.54) is 0 Å². The summed E-state index contributed by atoms with van der Waals surface area (Å²) in [5.41, 5.74) is 4.85. The lowest BCUT2D eigenvalue weighted by molar-refractivity contribution is -0.123. The molecule has 25 heavy (non-hydrogen) atoms. The first-order chi connectivity index (χ1) is 12.1. The third-order valence-electron chi connectivity index (χ3n) is 4.26. The van der Waals surface area contributed by atoms with Crippen LogP contribution in [0.2, 0.25) is 0 Å². The van der Waals surface area contributed by atoms with E-state index >= 15 is 0 Å². The van der Waals surface area contributed by atoms with Crippen molar-refractivity contribution in [1.29, 1.82) is 0 Å². The van der Waals surface area contributed by atoms with Crippen LogP contribution in [-0.4, -0.2) is 11.8 Å². The molecule has 0 unspecified atom stereocenters. The van der Waals surface area contributed by atoms with Gasteiger partial charge in [-0.15, -0.1) is 0 Å². The molecule has 2 aromatic rings. The van der Waals surface area contributed by atoms with Gasteiger partial charge in [-0.25, -0.2) is 0 Å². The van der Waals surface area contributed by atoms with Gasteiger partial charge in [-0.3, -0.25) is 9.59 Å². The molecule has 132 valence electrons. The quantitative estimate of drug-likeness (QED) is 0.738. The van der Waals surface area contributed by atoms with Gasteiger partial charge >= 0.3 is 0 Å². The molecule has 4 nitrogen and oxygen atoms in total. The molecule has 0 radical (unpaired) electrons. The number of rotatable bonds is 7. The summed E-state index contributed by atoms with van der Waals surface area (Å²) in [4.78, 5) is 24.6. The average Bonchev–Trinajstić information content (AvgIpc) is 2.62. The van der Waals surface area contributed by atoms with E-state index in [1.807, 2.05) is 49.4 Å². The first-order valence-electron chi connectivity index (χ1n) is 8.87. The summed E-state index contributed by atoms with van der Waals surface area (Å²) < 4.78 is 0. The normalized spacial score (nSPS) is 10.4. The van der Waals surface area contributed by atoms with Gasteiger partial charge in [0.2, 0.25) is 11.8 Å². The smallest absolute Gasteiger partial charge is 0.233 e. The fraction of sp³-hybridized carbons (Fsp3) is 0.333. The lowest BCUT2D eigenvalue weighted by Crippen LogP contribution is -2.23. The van der Waals surface area contributed by atoms with Crippen LogP contribution in [-0.2, 0) is 28.9 Å². The van der Waals surface area contributed by atoms with E-state index in [1.54, 1.807) is 0 Å². The van der Waals surface area contributed by atoms with E-state index in [0.29, 0.717) is 0 Å². The fourth-order valence-electron chi connectivity index (χ4n) is 2.88. The number of benzene rings is 2. The SMILES string of the molecule is CCc1ccccc1NC(=O)CC(=O)Nc1c(CC)cccc1CC. The van der Waals surface area contributed by atoms with Crippen LogP contribution in [0.15, 0.2) is 42.5 Å². The Balaban J connectivity index is 2.04. The number of carbonyl (C=O) groups is 2. The van der Waals surface area contributed by atoms with Crippen molar-refractivity contribution in [2.45, 2.75) is 46.5 Å². The Kier molecular flexibility index (Phi) is 6.75. The number of para-hydroxylation sites is 2. The summed E-state index contributed by atoms with van der Waals surface area (Å²) in [6.45, 7) is 6.14. The summed E-state index contributed by atoms with van der Waals surface area (Å²) >= 11 is 0. The lowest BCUT2D eigenvalue weighted by atomic mass is 10.0. The van der Waals surface area contributed by atoms with Crippen molar-refractivity contribution in [3.63, 3.8) is 0 Å². The molecule has 0 aliphatic carbocycles. The summed E-state index contributed by atoms with van der Waals surface area (Å²) in [5.74, 6) is -0.590. The van der Waals surface area contributed by atoms with Crippen molar-refractivity contribution in [1.82, 2.24) is 0 Å². The highest BCUT2D eigenvalue weighted by atomic mass is 16.2. The molecule has 2 N–H and O–H groups in total. The third-order valence-corrected chi connectivity index (χ3v) is 4.26. The highest BCUT2D eigenvalue weighted by Crippen LogP contribution is 2.23. The molecule has 0 heterocycles. The molecule has 0 saturated carbocycles. The van der Waals surface area contributed by atoms with Crippen molar-refractivity contribution in [3.8, 4) is 0 Å². The highest BCUT2D eigenvalue weighted by molar-refractivity contribution is 6.08. The minimum absolute atomic E-state index is 0.195. The van der Waals surface area contributed by atoms with Crippen LogP contribution in [0.4, 0.5) is 11.4 Å². The molecule has 0 atom stereocenters. The van der Waals surface area contributed by atoms with Gasteiger partial charge in [0, 0.05) is 11.4 Å². The van der Waals surface area contributed by atoms with Crippen LogP contribution in [0.5, 0.6) is 0 Å². The monoisotopic (exact) mass is 338 g/mol. The van der Waals surface area contributed by atoms with E-state index < -0.39 is 0 Å². The van der Waals surface area contributed by atoms with E-state index in [2.05, 4.69) is 24.5 Å². The molecule has 2 amide bonds. The van der Waals surface area contributed by atoms with Crippen LogP contribution in [0.3, 0.4) is 0 Å². The predicted molar refractivity (Wildman–Crippen MR) is 103 cm³/mol. The highest BCUT2D eigenvalue weighted by Gasteiger charge is 2.14. The van der Waals surface area contributed by atoms with Gasteiger partial charge in [-0.2, -0.15) is 0 Å². The second kappa shape index (κ2) is 9.02. The minimum atomic E-state index is -0.301. The summed E-state index contributed by atoms with van der Waals surface area (Å²) in [6, 6.07) is 13.7. The predicted octanol–water partition coefficient (Wildman–Crippen LogP) is 4.34. The zero-order valence-electron chi connectivity index (χ0n) is 15.2. The molecular formula is C21H26N2O2. The molecule has 4 heteroatoms. The van der Waals surface area contributed by atoms with Gasteiger partial charge in [0.15, 0.2) is 0 Å². The van der Waals surface area contributed by atoms with Gasteiger partial charge in [0.05, 0.1) is 0 Å². The number of anilines is 2. The Labute approximate surface area is 149 Å². The van der Waals surface area contributed by atoms with Crippen molar-refractivity contribution < 1.29 is 9.59 Å². The summed E-state index contributed by atoms with van der Waals surface area (Å²) in [7, 11) is 0. The molecular weight excluding hydrogens is 312 g/mol. The second-order valence-electron chi connectivity index (χ2n) is 5.94. The Morgan fingerprint density at radius 2 is 1.24 bits per heavy atom. The average molecular weight is 338 g/mol. The van der Waals surface area contributed by atoms with E-state index in [9.17, 15) is 9.59 Å². The standard InChI is InChI=1S/C21H26N2O2/c1-4-15-10-7-8-13-18(15)22-19(24)14-20(25)23-21-16(5-2)11-9-12-17(21)6-3/h7-13H,4-6,14H2,1-3H3,(H,22,24)(H,23,25). The fourth-order valence-corrected chi connectivity index (χ4v) is 2.88. The first kappa shape index (κ1) is 18.7. The topological polar surface area (TPSA) is 58.2 Å². The minimum Gasteiger partial charge on any atom is -0.325 e. The molecule has 0 aliphatic rings. The van der Waals surface area contributed by atoms with Crippen molar-refractivity contribution in [2.75, 3.05) is 10.6 Å². The maximum atomic E-state index is 12.3. The van der Waals surface area contributed by atoms with E-state index in [0.717, 1.165) is 47.3 Å². The summed E-state index contributed by atoms with van der Waals surface area (Å²) in [5, 5.41) is 5.76. The Hall–Kier alpha value is -2.62. The van der Waals surface area contributed by atoms with E-state index in [-0.39, 0.29) is 18.2 Å². The molecule has 0 fully saturated rings. The molecule has 0 bridgehead atoms. The first-order valence-corrected chi connectivity index (χ1v) is 8.87. The van der Waals surface area contributed by atoms with Gasteiger partial charge < -0.3 is 10.6 Å². The maximum absolute atomic E-state index is 12.3. The molecule has 2 aromatic carbocycles. The zero-order valence-corrected chi connectivity index (χ0v) is 15.2. The third kappa shape index (κ3) is 4.92. The molecule has 0 aromatic heterocycles. The van der Waals surface area contributed by atoms with Crippen molar-refractivity contribution in [2.24, 2.45) is 0 Å². The maximum Gasteiger partial charge on any atom is 0.233 e. The van der Waals surface area contributed by atoms with Crippen LogP contribution in [0.25, 0.3) is 0 Å². The van der Waals surface area contributed by atoms with Gasteiger partial charge in [0.25, 0.3) is 0 Å². The Morgan fingerprint density at radius 3 is 1.84 bits per heavy atom. The second-order valence-corrected chi connectivity index (χ2v) is 5.94. The van der Waals surface area contributed by atoms with E-state index in [4.69, 9.17) is 0 Å². The molecule has 0 spiro atoms. The number of hydrogen-bond acceptors (Lipinski definition) is 2.